The van der Waals surface area contributed by atoms with Crippen molar-refractivity contribution in [1.29, 1.82) is 0 Å². The highest BCUT2D eigenvalue weighted by Gasteiger charge is 2.19. The van der Waals surface area contributed by atoms with Gasteiger partial charge in [0.25, 0.3) is 0 Å². The van der Waals surface area contributed by atoms with Crippen molar-refractivity contribution in [2.24, 2.45) is 11.7 Å². The molecule has 1 amide bonds. The molecule has 0 aliphatic rings. The standard InChI is InChI=1S/C10H19N5O/c1-3-4-8(5-11)10(16)14-7(2)9-12-6-13-15-9/h6-8H,3-5,11H2,1-2H3,(H,14,16)(H,12,13,15). The van der Waals surface area contributed by atoms with Crippen LogP contribution in [0.3, 0.4) is 0 Å². The van der Waals surface area contributed by atoms with Crippen LogP contribution in [0.5, 0.6) is 0 Å². The summed E-state index contributed by atoms with van der Waals surface area (Å²) < 4.78 is 0. The second kappa shape index (κ2) is 6.22. The highest BCUT2D eigenvalue weighted by Crippen LogP contribution is 2.09. The first-order valence-electron chi connectivity index (χ1n) is 5.54. The molecular weight excluding hydrogens is 206 g/mol. The summed E-state index contributed by atoms with van der Waals surface area (Å²) in [6.07, 6.45) is 3.18. The van der Waals surface area contributed by atoms with Crippen molar-refractivity contribution in [1.82, 2.24) is 20.5 Å². The van der Waals surface area contributed by atoms with Crippen LogP contribution in [-0.2, 0) is 4.79 Å². The molecule has 0 spiro atoms. The van der Waals surface area contributed by atoms with Gasteiger partial charge in [0.1, 0.15) is 12.2 Å². The average Bonchev–Trinajstić information content (AvgIpc) is 2.78. The van der Waals surface area contributed by atoms with Crippen LogP contribution in [0.2, 0.25) is 0 Å². The molecule has 90 valence electrons. The van der Waals surface area contributed by atoms with Crippen LogP contribution in [0.4, 0.5) is 0 Å². The molecule has 4 N–H and O–H groups in total. The SMILES string of the molecule is CCCC(CN)C(=O)NC(C)c1ncn[nH]1. The van der Waals surface area contributed by atoms with E-state index in [1.807, 2.05) is 13.8 Å². The minimum Gasteiger partial charge on any atom is -0.346 e. The van der Waals surface area contributed by atoms with Crippen molar-refractivity contribution in [3.05, 3.63) is 12.2 Å². The Balaban J connectivity index is 2.50. The summed E-state index contributed by atoms with van der Waals surface area (Å²) >= 11 is 0. The molecule has 1 rings (SSSR count). The van der Waals surface area contributed by atoms with E-state index >= 15 is 0 Å². The predicted molar refractivity (Wildman–Crippen MR) is 60.4 cm³/mol. The van der Waals surface area contributed by atoms with Gasteiger partial charge in [-0.25, -0.2) is 4.98 Å². The molecule has 2 unspecified atom stereocenters. The molecule has 0 fully saturated rings. The van der Waals surface area contributed by atoms with E-state index in [0.717, 1.165) is 12.8 Å². The van der Waals surface area contributed by atoms with Gasteiger partial charge in [0.15, 0.2) is 0 Å². The van der Waals surface area contributed by atoms with Crippen LogP contribution in [0.1, 0.15) is 38.6 Å². The third kappa shape index (κ3) is 3.30. The maximum absolute atomic E-state index is 11.8. The number of nitrogens with one attached hydrogen (secondary N) is 2. The van der Waals surface area contributed by atoms with Gasteiger partial charge in [-0.15, -0.1) is 0 Å². The van der Waals surface area contributed by atoms with Crippen LogP contribution >= 0.6 is 0 Å². The molecule has 0 radical (unpaired) electrons. The van der Waals surface area contributed by atoms with Gasteiger partial charge in [0.05, 0.1) is 12.0 Å². The number of nitrogens with zero attached hydrogens (tertiary/aromatic N) is 2. The number of amides is 1. The smallest absolute Gasteiger partial charge is 0.224 e. The first kappa shape index (κ1) is 12.6. The summed E-state index contributed by atoms with van der Waals surface area (Å²) in [5.41, 5.74) is 5.56. The van der Waals surface area contributed by atoms with Crippen LogP contribution in [0, 0.1) is 5.92 Å². The lowest BCUT2D eigenvalue weighted by Crippen LogP contribution is -2.36. The maximum Gasteiger partial charge on any atom is 0.224 e. The van der Waals surface area contributed by atoms with Gasteiger partial charge >= 0.3 is 0 Å². The lowest BCUT2D eigenvalue weighted by Gasteiger charge is -2.17. The van der Waals surface area contributed by atoms with Crippen LogP contribution < -0.4 is 11.1 Å². The molecule has 6 heteroatoms. The minimum atomic E-state index is -0.166. The zero-order valence-electron chi connectivity index (χ0n) is 9.73. The summed E-state index contributed by atoms with van der Waals surface area (Å²) in [7, 11) is 0. The van der Waals surface area contributed by atoms with Gasteiger partial charge in [-0.2, -0.15) is 5.10 Å². The fourth-order valence-electron chi connectivity index (χ4n) is 1.53. The van der Waals surface area contributed by atoms with Crippen molar-refractivity contribution >= 4 is 5.91 Å². The average molecular weight is 225 g/mol. The molecule has 1 heterocycles. The first-order chi connectivity index (χ1) is 7.69. The van der Waals surface area contributed by atoms with Crippen molar-refractivity contribution in [3.8, 4) is 0 Å². The highest BCUT2D eigenvalue weighted by atomic mass is 16.2. The summed E-state index contributed by atoms with van der Waals surface area (Å²) in [6.45, 7) is 4.27. The highest BCUT2D eigenvalue weighted by molar-refractivity contribution is 5.79. The van der Waals surface area contributed by atoms with Crippen molar-refractivity contribution < 1.29 is 4.79 Å². The fourth-order valence-corrected chi connectivity index (χ4v) is 1.53. The molecule has 2 atom stereocenters. The van der Waals surface area contributed by atoms with Gasteiger partial charge in [-0.3, -0.25) is 9.89 Å². The topological polar surface area (TPSA) is 96.7 Å². The third-order valence-corrected chi connectivity index (χ3v) is 2.50. The van der Waals surface area contributed by atoms with E-state index in [9.17, 15) is 4.79 Å². The quantitative estimate of drug-likeness (QED) is 0.651. The normalized spacial score (nSPS) is 14.4. The van der Waals surface area contributed by atoms with Gasteiger partial charge in [-0.05, 0) is 13.3 Å². The lowest BCUT2D eigenvalue weighted by atomic mass is 10.0. The van der Waals surface area contributed by atoms with Gasteiger partial charge < -0.3 is 11.1 Å². The molecule has 0 saturated carbocycles. The summed E-state index contributed by atoms with van der Waals surface area (Å²) in [5, 5.41) is 9.33. The molecule has 0 aliphatic carbocycles. The monoisotopic (exact) mass is 225 g/mol. The Bertz CT molecular complexity index is 311. The molecule has 1 aromatic rings. The molecule has 6 nitrogen and oxygen atoms in total. The zero-order valence-corrected chi connectivity index (χ0v) is 9.73. The molecular formula is C10H19N5O. The van der Waals surface area contributed by atoms with Crippen LogP contribution in [0.15, 0.2) is 6.33 Å². The van der Waals surface area contributed by atoms with E-state index in [1.165, 1.54) is 6.33 Å². The number of hydrogen-bond acceptors (Lipinski definition) is 4. The Kier molecular flexibility index (Phi) is 4.91. The Morgan fingerprint density at radius 1 is 1.69 bits per heavy atom. The molecule has 0 aliphatic heterocycles. The van der Waals surface area contributed by atoms with E-state index in [-0.39, 0.29) is 17.9 Å². The largest absolute Gasteiger partial charge is 0.346 e. The zero-order chi connectivity index (χ0) is 12.0. The second-order valence-electron chi connectivity index (χ2n) is 3.82. The van der Waals surface area contributed by atoms with E-state index < -0.39 is 0 Å². The Morgan fingerprint density at radius 2 is 2.44 bits per heavy atom. The number of carbonyl (C=O) groups excluding carboxylic acids is 1. The number of H-pyrrole nitrogens is 1. The van der Waals surface area contributed by atoms with Crippen molar-refractivity contribution in [2.45, 2.75) is 32.7 Å². The fraction of sp³-hybridized carbons (Fsp3) is 0.700. The van der Waals surface area contributed by atoms with Gasteiger partial charge in [-0.1, -0.05) is 13.3 Å². The summed E-state index contributed by atoms with van der Waals surface area (Å²) in [6, 6.07) is -0.166. The first-order valence-corrected chi connectivity index (χ1v) is 5.54. The van der Waals surface area contributed by atoms with E-state index in [1.54, 1.807) is 0 Å². The Labute approximate surface area is 95.0 Å². The minimum absolute atomic E-state index is 0.0201. The molecule has 0 bridgehead atoms. The number of aromatic amines is 1. The molecule has 0 saturated heterocycles. The number of aromatic nitrogens is 3. The number of rotatable bonds is 6. The van der Waals surface area contributed by atoms with E-state index in [2.05, 4.69) is 20.5 Å². The maximum atomic E-state index is 11.8. The van der Waals surface area contributed by atoms with E-state index in [4.69, 9.17) is 5.73 Å². The molecule has 1 aromatic heterocycles. The number of nitrogens with two attached hydrogens (primary N) is 1. The van der Waals surface area contributed by atoms with E-state index in [0.29, 0.717) is 12.4 Å². The summed E-state index contributed by atoms with van der Waals surface area (Å²) in [4.78, 5) is 15.8. The van der Waals surface area contributed by atoms with Gasteiger partial charge in [0, 0.05) is 6.54 Å². The number of hydrogen-bond donors (Lipinski definition) is 3. The van der Waals surface area contributed by atoms with Crippen LogP contribution in [-0.4, -0.2) is 27.6 Å². The predicted octanol–water partition coefficient (Wildman–Crippen LogP) is 0.357. The Morgan fingerprint density at radius 3 is 2.94 bits per heavy atom. The van der Waals surface area contributed by atoms with Crippen molar-refractivity contribution in [2.75, 3.05) is 6.54 Å². The van der Waals surface area contributed by atoms with Crippen LogP contribution in [0.25, 0.3) is 0 Å². The molecule has 0 aromatic carbocycles. The van der Waals surface area contributed by atoms with Gasteiger partial charge in [0.2, 0.25) is 5.91 Å². The third-order valence-electron chi connectivity index (χ3n) is 2.50. The summed E-state index contributed by atoms with van der Waals surface area (Å²) in [5.74, 6) is 0.518. The molecule has 16 heavy (non-hydrogen) atoms. The van der Waals surface area contributed by atoms with Crippen molar-refractivity contribution in [3.63, 3.8) is 0 Å². The lowest BCUT2D eigenvalue weighted by molar-refractivity contribution is -0.125. The second-order valence-corrected chi connectivity index (χ2v) is 3.82. The Hall–Kier alpha value is -1.43. The number of carbonyl (C=O) groups is 1.